The van der Waals surface area contributed by atoms with E-state index < -0.39 is 11.7 Å². The smallest absolute Gasteiger partial charge is 0.362 e. The standard InChI is InChI=1S/C18H14ClF3N6S/c19-11-5-9(18(20,21)22)7-28-13(26-27-16(11)28)6-23-15-14-10-3-1-2-4-12(10)29-17(14)25-8-24-15/h5,7-8H,1-4,6H2,(H,23,24,25). The van der Waals surface area contributed by atoms with Crippen LogP contribution in [0.4, 0.5) is 19.0 Å². The fraction of sp³-hybridized carbons (Fsp3) is 0.333. The Hall–Kier alpha value is -2.46. The lowest BCUT2D eigenvalue weighted by atomic mass is 9.97. The number of nitrogens with one attached hydrogen (secondary N) is 1. The van der Waals surface area contributed by atoms with E-state index in [2.05, 4.69) is 25.5 Å². The van der Waals surface area contributed by atoms with Gasteiger partial charge < -0.3 is 5.32 Å². The van der Waals surface area contributed by atoms with Gasteiger partial charge in [0.1, 0.15) is 17.0 Å². The molecule has 4 aromatic heterocycles. The van der Waals surface area contributed by atoms with Crippen LogP contribution >= 0.6 is 22.9 Å². The summed E-state index contributed by atoms with van der Waals surface area (Å²) in [6.45, 7) is 0.148. The number of halogens is 4. The summed E-state index contributed by atoms with van der Waals surface area (Å²) in [7, 11) is 0. The lowest BCUT2D eigenvalue weighted by molar-refractivity contribution is -0.137. The van der Waals surface area contributed by atoms with E-state index in [9.17, 15) is 13.2 Å². The third-order valence-electron chi connectivity index (χ3n) is 5.02. The van der Waals surface area contributed by atoms with Crippen molar-refractivity contribution in [1.82, 2.24) is 24.6 Å². The minimum absolute atomic E-state index is 0.102. The average molecular weight is 439 g/mol. The van der Waals surface area contributed by atoms with Gasteiger partial charge in [0, 0.05) is 11.1 Å². The van der Waals surface area contributed by atoms with Crippen molar-refractivity contribution in [2.24, 2.45) is 0 Å². The van der Waals surface area contributed by atoms with Crippen LogP contribution in [-0.2, 0) is 25.6 Å². The molecule has 29 heavy (non-hydrogen) atoms. The van der Waals surface area contributed by atoms with Gasteiger partial charge in [0.2, 0.25) is 0 Å². The SMILES string of the molecule is FC(F)(F)c1cc(Cl)c2nnc(CNc3ncnc4sc5c(c34)CCCC5)n2c1. The van der Waals surface area contributed by atoms with E-state index in [1.807, 2.05) is 0 Å². The van der Waals surface area contributed by atoms with Crippen LogP contribution in [0.25, 0.3) is 15.9 Å². The first-order chi connectivity index (χ1) is 13.9. The molecule has 4 aromatic rings. The monoisotopic (exact) mass is 438 g/mol. The lowest BCUT2D eigenvalue weighted by Gasteiger charge is -2.12. The molecule has 0 radical (unpaired) electrons. The molecule has 150 valence electrons. The minimum Gasteiger partial charge on any atom is -0.362 e. The first kappa shape index (κ1) is 18.6. The summed E-state index contributed by atoms with van der Waals surface area (Å²) in [5.41, 5.74) is 0.595. The molecule has 0 aliphatic heterocycles. The highest BCUT2D eigenvalue weighted by molar-refractivity contribution is 7.19. The van der Waals surface area contributed by atoms with Gasteiger partial charge in [-0.25, -0.2) is 9.97 Å². The number of rotatable bonds is 3. The maximum absolute atomic E-state index is 13.1. The Morgan fingerprint density at radius 2 is 2.00 bits per heavy atom. The molecule has 0 aromatic carbocycles. The molecule has 0 bridgehead atoms. The molecule has 0 amide bonds. The van der Waals surface area contributed by atoms with Crippen LogP contribution in [0.15, 0.2) is 18.6 Å². The highest BCUT2D eigenvalue weighted by Crippen LogP contribution is 2.38. The van der Waals surface area contributed by atoms with Gasteiger partial charge in [-0.05, 0) is 37.3 Å². The summed E-state index contributed by atoms with van der Waals surface area (Å²) < 4.78 is 40.7. The van der Waals surface area contributed by atoms with Crippen molar-refractivity contribution in [3.63, 3.8) is 0 Å². The molecular formula is C18H14ClF3N6S. The Morgan fingerprint density at radius 1 is 1.17 bits per heavy atom. The number of pyridine rings is 1. The van der Waals surface area contributed by atoms with Crippen LogP contribution in [0.5, 0.6) is 0 Å². The van der Waals surface area contributed by atoms with E-state index >= 15 is 0 Å². The molecule has 0 unspecified atom stereocenters. The molecule has 0 atom stereocenters. The highest BCUT2D eigenvalue weighted by atomic mass is 35.5. The van der Waals surface area contributed by atoms with E-state index in [0.717, 1.165) is 41.7 Å². The highest BCUT2D eigenvalue weighted by Gasteiger charge is 2.32. The second kappa shape index (κ2) is 6.81. The Balaban J connectivity index is 1.51. The van der Waals surface area contributed by atoms with Crippen LogP contribution in [0.2, 0.25) is 5.02 Å². The minimum atomic E-state index is -4.51. The van der Waals surface area contributed by atoms with Gasteiger partial charge in [-0.2, -0.15) is 13.2 Å². The number of nitrogens with zero attached hydrogens (tertiary/aromatic N) is 5. The van der Waals surface area contributed by atoms with Gasteiger partial charge in [-0.1, -0.05) is 11.6 Å². The second-order valence-corrected chi connectivity index (χ2v) is 8.34. The molecule has 5 rings (SSSR count). The molecule has 4 heterocycles. The van der Waals surface area contributed by atoms with Crippen molar-refractivity contribution in [2.75, 3.05) is 5.32 Å². The van der Waals surface area contributed by atoms with Crippen molar-refractivity contribution in [1.29, 1.82) is 0 Å². The molecule has 0 saturated heterocycles. The topological polar surface area (TPSA) is 68.0 Å². The Kier molecular flexibility index (Phi) is 4.36. The van der Waals surface area contributed by atoms with Crippen molar-refractivity contribution >= 4 is 44.6 Å². The Morgan fingerprint density at radius 3 is 2.83 bits per heavy atom. The van der Waals surface area contributed by atoms with E-state index in [-0.39, 0.29) is 17.2 Å². The number of alkyl halides is 3. The summed E-state index contributed by atoms with van der Waals surface area (Å²) in [5, 5.41) is 12.0. The third-order valence-corrected chi connectivity index (χ3v) is 6.50. The number of aryl methyl sites for hydroxylation is 2. The van der Waals surface area contributed by atoms with Crippen molar-refractivity contribution in [3.05, 3.63) is 45.4 Å². The normalized spacial score (nSPS) is 14.5. The number of anilines is 1. The molecular weight excluding hydrogens is 425 g/mol. The summed E-state index contributed by atoms with van der Waals surface area (Å²) in [5.74, 6) is 0.966. The fourth-order valence-electron chi connectivity index (χ4n) is 3.66. The molecule has 11 heteroatoms. The molecule has 1 aliphatic carbocycles. The summed E-state index contributed by atoms with van der Waals surface area (Å²) in [6, 6.07) is 0.856. The van der Waals surface area contributed by atoms with Crippen LogP contribution in [0.1, 0.15) is 34.7 Å². The van der Waals surface area contributed by atoms with E-state index in [4.69, 9.17) is 11.6 Å². The van der Waals surface area contributed by atoms with Crippen molar-refractivity contribution in [3.8, 4) is 0 Å². The number of aromatic nitrogens is 5. The molecule has 1 N–H and O–H groups in total. The van der Waals surface area contributed by atoms with Crippen LogP contribution in [0, 0.1) is 0 Å². The van der Waals surface area contributed by atoms with Gasteiger partial charge in [0.25, 0.3) is 0 Å². The van der Waals surface area contributed by atoms with E-state index in [1.54, 1.807) is 11.3 Å². The Bertz CT molecular complexity index is 1230. The molecule has 0 saturated carbocycles. The zero-order chi connectivity index (χ0) is 20.2. The second-order valence-electron chi connectivity index (χ2n) is 6.85. The largest absolute Gasteiger partial charge is 0.417 e. The molecule has 6 nitrogen and oxygen atoms in total. The van der Waals surface area contributed by atoms with Crippen LogP contribution in [0.3, 0.4) is 0 Å². The van der Waals surface area contributed by atoms with Crippen molar-refractivity contribution < 1.29 is 13.2 Å². The zero-order valence-electron chi connectivity index (χ0n) is 14.9. The summed E-state index contributed by atoms with van der Waals surface area (Å²) in [4.78, 5) is 11.0. The van der Waals surface area contributed by atoms with Crippen LogP contribution in [-0.4, -0.2) is 24.6 Å². The molecule has 0 fully saturated rings. The van der Waals surface area contributed by atoms with Gasteiger partial charge in [0.15, 0.2) is 11.5 Å². The number of hydrogen-bond acceptors (Lipinski definition) is 6. The fourth-order valence-corrected chi connectivity index (χ4v) is 5.14. The number of fused-ring (bicyclic) bond motifs is 4. The van der Waals surface area contributed by atoms with E-state index in [0.29, 0.717) is 11.6 Å². The number of hydrogen-bond donors (Lipinski definition) is 1. The first-order valence-electron chi connectivity index (χ1n) is 9.01. The quantitative estimate of drug-likeness (QED) is 0.493. The third kappa shape index (κ3) is 3.20. The summed E-state index contributed by atoms with van der Waals surface area (Å²) >= 11 is 7.66. The predicted molar refractivity (Wildman–Crippen MR) is 104 cm³/mol. The first-order valence-corrected chi connectivity index (χ1v) is 10.2. The van der Waals surface area contributed by atoms with E-state index in [1.165, 1.54) is 27.6 Å². The van der Waals surface area contributed by atoms with Gasteiger partial charge >= 0.3 is 6.18 Å². The lowest BCUT2D eigenvalue weighted by Crippen LogP contribution is -2.10. The zero-order valence-corrected chi connectivity index (χ0v) is 16.5. The van der Waals surface area contributed by atoms with Gasteiger partial charge in [-0.3, -0.25) is 4.40 Å². The van der Waals surface area contributed by atoms with Crippen LogP contribution < -0.4 is 5.32 Å². The Labute approximate surface area is 171 Å². The average Bonchev–Trinajstić information content (AvgIpc) is 3.27. The number of thiophene rings is 1. The predicted octanol–water partition coefficient (Wildman–Crippen LogP) is 4.90. The van der Waals surface area contributed by atoms with Gasteiger partial charge in [-0.15, -0.1) is 21.5 Å². The maximum Gasteiger partial charge on any atom is 0.417 e. The van der Waals surface area contributed by atoms with Crippen molar-refractivity contribution in [2.45, 2.75) is 38.4 Å². The van der Waals surface area contributed by atoms with Gasteiger partial charge in [0.05, 0.1) is 22.5 Å². The molecule has 0 spiro atoms. The molecule has 1 aliphatic rings. The maximum atomic E-state index is 13.1. The summed E-state index contributed by atoms with van der Waals surface area (Å²) in [6.07, 6.45) is 2.26.